The minimum Gasteiger partial charge on any atom is -0.409 e. The zero-order valence-corrected chi connectivity index (χ0v) is 11.6. The first-order chi connectivity index (χ1) is 9.61. The van der Waals surface area contributed by atoms with Crippen LogP contribution in [0.25, 0.3) is 0 Å². The lowest BCUT2D eigenvalue weighted by molar-refractivity contribution is 0.318. The monoisotopic (exact) mass is 270 g/mol. The molecule has 0 aliphatic rings. The van der Waals surface area contributed by atoms with Crippen molar-refractivity contribution in [2.75, 3.05) is 5.32 Å². The fourth-order valence-corrected chi connectivity index (χ4v) is 1.98. The summed E-state index contributed by atoms with van der Waals surface area (Å²) in [5.41, 5.74) is 10.4. The second-order valence-electron chi connectivity index (χ2n) is 4.67. The average Bonchev–Trinajstić information content (AvgIpc) is 2.47. The van der Waals surface area contributed by atoms with Crippen LogP contribution in [0.3, 0.4) is 0 Å². The second kappa shape index (κ2) is 6.06. The maximum Gasteiger partial charge on any atom is 0.189 e. The number of anilines is 1. The standard InChI is InChI=1S/C15H18N4O/c1-10-5-6-11(2)13(8-10)18-9-12-4-3-7-17-14(12)15(16)19-20/h3-8,18,20H,9H2,1-2H3,(H2,16,19). The summed E-state index contributed by atoms with van der Waals surface area (Å²) in [6, 6.07) is 9.97. The van der Waals surface area contributed by atoms with Crippen molar-refractivity contribution in [1.82, 2.24) is 4.98 Å². The molecule has 1 heterocycles. The Morgan fingerprint density at radius 1 is 1.35 bits per heavy atom. The van der Waals surface area contributed by atoms with Crippen molar-refractivity contribution in [3.63, 3.8) is 0 Å². The van der Waals surface area contributed by atoms with E-state index in [1.165, 1.54) is 11.1 Å². The van der Waals surface area contributed by atoms with E-state index in [0.29, 0.717) is 12.2 Å². The molecule has 0 amide bonds. The summed E-state index contributed by atoms with van der Waals surface area (Å²) in [5.74, 6) is 0.0170. The molecule has 2 aromatic rings. The van der Waals surface area contributed by atoms with Crippen molar-refractivity contribution >= 4 is 11.5 Å². The van der Waals surface area contributed by atoms with Crippen molar-refractivity contribution in [2.24, 2.45) is 10.9 Å². The first-order valence-electron chi connectivity index (χ1n) is 6.34. The van der Waals surface area contributed by atoms with Gasteiger partial charge in [-0.3, -0.25) is 4.98 Å². The Bertz CT molecular complexity index is 638. The van der Waals surface area contributed by atoms with E-state index in [1.807, 2.05) is 12.1 Å². The molecule has 2 rings (SSSR count). The molecule has 4 N–H and O–H groups in total. The molecule has 0 unspecified atom stereocenters. The molecule has 0 fully saturated rings. The molecule has 0 bridgehead atoms. The summed E-state index contributed by atoms with van der Waals surface area (Å²) in [6.07, 6.45) is 1.62. The Morgan fingerprint density at radius 3 is 2.90 bits per heavy atom. The molecule has 0 aliphatic carbocycles. The molecular weight excluding hydrogens is 252 g/mol. The normalized spacial score (nSPS) is 11.4. The summed E-state index contributed by atoms with van der Waals surface area (Å²) in [5, 5.41) is 15.1. The molecule has 20 heavy (non-hydrogen) atoms. The number of nitrogens with zero attached hydrogens (tertiary/aromatic N) is 2. The Hall–Kier alpha value is -2.56. The van der Waals surface area contributed by atoms with Crippen molar-refractivity contribution in [3.8, 4) is 0 Å². The Kier molecular flexibility index (Phi) is 4.20. The lowest BCUT2D eigenvalue weighted by Crippen LogP contribution is -2.18. The predicted octanol–water partition coefficient (Wildman–Crippen LogP) is 2.41. The van der Waals surface area contributed by atoms with Gasteiger partial charge >= 0.3 is 0 Å². The number of nitrogens with one attached hydrogen (secondary N) is 1. The number of aromatic nitrogens is 1. The van der Waals surface area contributed by atoms with E-state index in [-0.39, 0.29) is 5.84 Å². The highest BCUT2D eigenvalue weighted by Gasteiger charge is 2.08. The van der Waals surface area contributed by atoms with E-state index >= 15 is 0 Å². The van der Waals surface area contributed by atoms with Gasteiger partial charge < -0.3 is 16.3 Å². The van der Waals surface area contributed by atoms with Crippen LogP contribution >= 0.6 is 0 Å². The molecule has 0 saturated carbocycles. The van der Waals surface area contributed by atoms with Crippen molar-refractivity contribution in [1.29, 1.82) is 0 Å². The van der Waals surface area contributed by atoms with Crippen LogP contribution in [0, 0.1) is 13.8 Å². The average molecular weight is 270 g/mol. The molecule has 5 heteroatoms. The zero-order valence-electron chi connectivity index (χ0n) is 11.6. The number of rotatable bonds is 4. The van der Waals surface area contributed by atoms with Crippen LogP contribution < -0.4 is 11.1 Å². The second-order valence-corrected chi connectivity index (χ2v) is 4.67. The van der Waals surface area contributed by atoms with Crippen molar-refractivity contribution < 1.29 is 5.21 Å². The Balaban J connectivity index is 2.21. The topological polar surface area (TPSA) is 83.5 Å². The molecule has 0 radical (unpaired) electrons. The van der Waals surface area contributed by atoms with Gasteiger partial charge in [-0.15, -0.1) is 0 Å². The number of amidine groups is 1. The lowest BCUT2D eigenvalue weighted by Gasteiger charge is -2.12. The van der Waals surface area contributed by atoms with Crippen LogP contribution in [0.15, 0.2) is 41.7 Å². The third-order valence-corrected chi connectivity index (χ3v) is 3.10. The predicted molar refractivity (Wildman–Crippen MR) is 80.0 cm³/mol. The number of oxime groups is 1. The third kappa shape index (κ3) is 3.06. The van der Waals surface area contributed by atoms with Gasteiger partial charge in [-0.1, -0.05) is 23.4 Å². The first kappa shape index (κ1) is 13.9. The summed E-state index contributed by atoms with van der Waals surface area (Å²) in [4.78, 5) is 4.15. The SMILES string of the molecule is Cc1ccc(C)c(NCc2cccnc2C(N)=NO)c1. The number of benzene rings is 1. The highest BCUT2D eigenvalue weighted by molar-refractivity contribution is 5.96. The largest absolute Gasteiger partial charge is 0.409 e. The van der Waals surface area contributed by atoms with Gasteiger partial charge in [0.2, 0.25) is 0 Å². The van der Waals surface area contributed by atoms with Crippen LogP contribution in [0.4, 0.5) is 5.69 Å². The van der Waals surface area contributed by atoms with Crippen LogP contribution in [-0.4, -0.2) is 16.0 Å². The quantitative estimate of drug-likeness (QED) is 0.345. The fourth-order valence-electron chi connectivity index (χ4n) is 1.98. The van der Waals surface area contributed by atoms with Gasteiger partial charge in [-0.05, 0) is 37.1 Å². The van der Waals surface area contributed by atoms with E-state index in [4.69, 9.17) is 10.9 Å². The zero-order chi connectivity index (χ0) is 14.5. The third-order valence-electron chi connectivity index (χ3n) is 3.10. The van der Waals surface area contributed by atoms with E-state index in [1.54, 1.807) is 6.20 Å². The molecular formula is C15H18N4O. The van der Waals surface area contributed by atoms with Crippen LogP contribution in [0.1, 0.15) is 22.4 Å². The van der Waals surface area contributed by atoms with Crippen LogP contribution in [-0.2, 0) is 6.54 Å². The molecule has 0 atom stereocenters. The lowest BCUT2D eigenvalue weighted by atomic mass is 10.1. The molecule has 104 valence electrons. The maximum absolute atomic E-state index is 8.78. The van der Waals surface area contributed by atoms with Crippen LogP contribution in [0.2, 0.25) is 0 Å². The molecule has 1 aromatic heterocycles. The summed E-state index contributed by atoms with van der Waals surface area (Å²) in [7, 11) is 0. The number of aryl methyl sites for hydroxylation is 2. The van der Waals surface area contributed by atoms with E-state index in [0.717, 1.165) is 11.3 Å². The highest BCUT2D eigenvalue weighted by Crippen LogP contribution is 2.18. The van der Waals surface area contributed by atoms with Gasteiger partial charge in [-0.2, -0.15) is 0 Å². The van der Waals surface area contributed by atoms with Crippen molar-refractivity contribution in [3.05, 3.63) is 58.9 Å². The van der Waals surface area contributed by atoms with E-state index in [2.05, 4.69) is 47.5 Å². The van der Waals surface area contributed by atoms with E-state index < -0.39 is 0 Å². The number of hydrogen-bond donors (Lipinski definition) is 3. The van der Waals surface area contributed by atoms with Gasteiger partial charge in [0.25, 0.3) is 0 Å². The number of hydrogen-bond acceptors (Lipinski definition) is 4. The van der Waals surface area contributed by atoms with Gasteiger partial charge in [0, 0.05) is 24.0 Å². The molecule has 5 nitrogen and oxygen atoms in total. The minimum atomic E-state index is 0.0170. The summed E-state index contributed by atoms with van der Waals surface area (Å²) < 4.78 is 0. The van der Waals surface area contributed by atoms with Gasteiger partial charge in [0.15, 0.2) is 5.84 Å². The van der Waals surface area contributed by atoms with Crippen LogP contribution in [0.5, 0.6) is 0 Å². The number of nitrogens with two attached hydrogens (primary N) is 1. The molecule has 0 saturated heterocycles. The number of pyridine rings is 1. The summed E-state index contributed by atoms with van der Waals surface area (Å²) in [6.45, 7) is 4.66. The maximum atomic E-state index is 8.78. The van der Waals surface area contributed by atoms with E-state index in [9.17, 15) is 0 Å². The van der Waals surface area contributed by atoms with Crippen molar-refractivity contribution in [2.45, 2.75) is 20.4 Å². The fraction of sp³-hybridized carbons (Fsp3) is 0.200. The van der Waals surface area contributed by atoms with Gasteiger partial charge in [0.1, 0.15) is 5.69 Å². The Labute approximate surface area is 118 Å². The molecule has 1 aromatic carbocycles. The van der Waals surface area contributed by atoms with Gasteiger partial charge in [0.05, 0.1) is 0 Å². The summed E-state index contributed by atoms with van der Waals surface area (Å²) >= 11 is 0. The van der Waals surface area contributed by atoms with Gasteiger partial charge in [-0.25, -0.2) is 0 Å². The molecule has 0 spiro atoms. The minimum absolute atomic E-state index is 0.0170. The Morgan fingerprint density at radius 2 is 2.15 bits per heavy atom. The highest BCUT2D eigenvalue weighted by atomic mass is 16.4. The smallest absolute Gasteiger partial charge is 0.189 e. The molecule has 0 aliphatic heterocycles. The first-order valence-corrected chi connectivity index (χ1v) is 6.34.